The van der Waals surface area contributed by atoms with Gasteiger partial charge in [0.05, 0.1) is 6.04 Å². The summed E-state index contributed by atoms with van der Waals surface area (Å²) in [7, 11) is 0. The molecule has 8 heteroatoms. The lowest BCUT2D eigenvalue weighted by molar-refractivity contribution is -0.127. The minimum Gasteiger partial charge on any atom is -0.457 e. The molecule has 35 heavy (non-hydrogen) atoms. The van der Waals surface area contributed by atoms with Crippen LogP contribution in [0, 0.1) is 0 Å². The van der Waals surface area contributed by atoms with Crippen LogP contribution in [0.25, 0.3) is 11.3 Å². The lowest BCUT2D eigenvalue weighted by Crippen LogP contribution is -2.40. The molecule has 1 aliphatic heterocycles. The maximum atomic E-state index is 12.6. The first-order valence-corrected chi connectivity index (χ1v) is 11.8. The van der Waals surface area contributed by atoms with Crippen molar-refractivity contribution in [3.8, 4) is 22.8 Å². The Kier molecular flexibility index (Phi) is 7.19. The Morgan fingerprint density at radius 2 is 1.83 bits per heavy atom. The van der Waals surface area contributed by atoms with Gasteiger partial charge in [-0.2, -0.15) is 5.10 Å². The van der Waals surface area contributed by atoms with Gasteiger partial charge in [0.15, 0.2) is 0 Å². The Hall–Kier alpha value is -4.07. The summed E-state index contributed by atoms with van der Waals surface area (Å²) in [5.74, 6) is 1.32. The summed E-state index contributed by atoms with van der Waals surface area (Å²) >= 11 is 0. The largest absolute Gasteiger partial charge is 0.457 e. The number of amides is 2. The number of rotatable bonds is 8. The number of piperidine rings is 1. The van der Waals surface area contributed by atoms with E-state index >= 15 is 0 Å². The molecule has 4 rings (SSSR count). The van der Waals surface area contributed by atoms with Crippen LogP contribution in [0.3, 0.4) is 0 Å². The van der Waals surface area contributed by atoms with Crippen LogP contribution in [0.4, 0.5) is 5.82 Å². The standard InChI is InChI=1S/C27H31N5O3/c1-4-23(33)31-16-8-9-20(17-31)32-27(29-18(2)3)24(26(28)34)25(30-32)19-12-14-22(15-13-19)35-21-10-6-5-7-11-21/h4-7,10-15,18,20,29H,1,8-9,16-17H2,2-3H3,(H2,28,34)/t20-/m1/s1. The highest BCUT2D eigenvalue weighted by atomic mass is 16.5. The number of benzene rings is 2. The Bertz CT molecular complexity index is 1200. The number of para-hydroxylation sites is 1. The molecular formula is C27H31N5O3. The summed E-state index contributed by atoms with van der Waals surface area (Å²) in [5.41, 5.74) is 7.45. The molecule has 8 nitrogen and oxygen atoms in total. The molecule has 1 aliphatic rings. The molecule has 0 unspecified atom stereocenters. The molecule has 2 heterocycles. The van der Waals surface area contributed by atoms with Crippen molar-refractivity contribution in [2.24, 2.45) is 5.73 Å². The van der Waals surface area contributed by atoms with Crippen molar-refractivity contribution in [1.29, 1.82) is 0 Å². The summed E-state index contributed by atoms with van der Waals surface area (Å²) in [5, 5.41) is 8.22. The summed E-state index contributed by atoms with van der Waals surface area (Å²) in [6.07, 6.45) is 2.99. The quantitative estimate of drug-likeness (QED) is 0.465. The Balaban J connectivity index is 1.71. The van der Waals surface area contributed by atoms with Gasteiger partial charge in [0.2, 0.25) is 5.91 Å². The number of likely N-dealkylation sites (tertiary alicyclic amines) is 1. The van der Waals surface area contributed by atoms with E-state index in [1.54, 1.807) is 4.90 Å². The SMILES string of the molecule is C=CC(=O)N1CCC[C@@H](n2nc(-c3ccc(Oc4ccccc4)cc3)c(C(N)=O)c2NC(C)C)C1. The monoisotopic (exact) mass is 473 g/mol. The van der Waals surface area contributed by atoms with Gasteiger partial charge in [0.25, 0.3) is 5.91 Å². The number of primary amides is 1. The molecule has 3 aromatic rings. The fraction of sp³-hybridized carbons (Fsp3) is 0.296. The number of anilines is 1. The van der Waals surface area contributed by atoms with E-state index in [2.05, 4.69) is 11.9 Å². The van der Waals surface area contributed by atoms with Crippen molar-refractivity contribution in [3.63, 3.8) is 0 Å². The fourth-order valence-corrected chi connectivity index (χ4v) is 4.33. The van der Waals surface area contributed by atoms with Gasteiger partial charge in [-0.3, -0.25) is 9.59 Å². The van der Waals surface area contributed by atoms with Gasteiger partial charge in [-0.15, -0.1) is 0 Å². The lowest BCUT2D eigenvalue weighted by atomic mass is 10.0. The summed E-state index contributed by atoms with van der Waals surface area (Å²) in [4.78, 5) is 26.7. The average Bonchev–Trinajstić information content (AvgIpc) is 3.23. The second-order valence-electron chi connectivity index (χ2n) is 8.90. The second-order valence-corrected chi connectivity index (χ2v) is 8.90. The van der Waals surface area contributed by atoms with Crippen LogP contribution in [-0.2, 0) is 4.79 Å². The van der Waals surface area contributed by atoms with Gasteiger partial charge < -0.3 is 20.7 Å². The van der Waals surface area contributed by atoms with E-state index in [4.69, 9.17) is 15.6 Å². The van der Waals surface area contributed by atoms with E-state index in [-0.39, 0.29) is 18.0 Å². The average molecular weight is 474 g/mol. The number of hydrogen-bond donors (Lipinski definition) is 2. The Morgan fingerprint density at radius 1 is 1.14 bits per heavy atom. The molecule has 182 valence electrons. The molecular weight excluding hydrogens is 442 g/mol. The molecule has 3 N–H and O–H groups in total. The van der Waals surface area contributed by atoms with Gasteiger partial charge in [-0.1, -0.05) is 24.8 Å². The van der Waals surface area contributed by atoms with Crippen molar-refractivity contribution in [2.75, 3.05) is 18.4 Å². The number of carbonyl (C=O) groups is 2. The number of nitrogens with two attached hydrogens (primary N) is 1. The third kappa shape index (κ3) is 5.37. The predicted molar refractivity (Wildman–Crippen MR) is 137 cm³/mol. The molecule has 0 aliphatic carbocycles. The van der Waals surface area contributed by atoms with Crippen molar-refractivity contribution in [1.82, 2.24) is 14.7 Å². The first-order chi connectivity index (χ1) is 16.9. The van der Waals surface area contributed by atoms with E-state index in [9.17, 15) is 9.59 Å². The zero-order valence-electron chi connectivity index (χ0n) is 20.1. The van der Waals surface area contributed by atoms with Crippen molar-refractivity contribution < 1.29 is 14.3 Å². The van der Waals surface area contributed by atoms with Crippen LogP contribution in [0.5, 0.6) is 11.5 Å². The molecule has 0 radical (unpaired) electrons. The van der Waals surface area contributed by atoms with Crippen LogP contribution in [-0.4, -0.2) is 45.6 Å². The van der Waals surface area contributed by atoms with Gasteiger partial charge in [-0.25, -0.2) is 4.68 Å². The van der Waals surface area contributed by atoms with Crippen molar-refractivity contribution >= 4 is 17.6 Å². The van der Waals surface area contributed by atoms with Gasteiger partial charge >= 0.3 is 0 Å². The van der Waals surface area contributed by atoms with Gasteiger partial charge in [0, 0.05) is 24.7 Å². The Morgan fingerprint density at radius 3 is 2.46 bits per heavy atom. The normalized spacial score (nSPS) is 15.6. The topological polar surface area (TPSA) is 102 Å². The molecule has 1 fully saturated rings. The van der Waals surface area contributed by atoms with Crippen molar-refractivity contribution in [3.05, 3.63) is 72.8 Å². The fourth-order valence-electron chi connectivity index (χ4n) is 4.33. The van der Waals surface area contributed by atoms with E-state index in [1.807, 2.05) is 73.1 Å². The highest BCUT2D eigenvalue weighted by molar-refractivity contribution is 6.03. The van der Waals surface area contributed by atoms with E-state index < -0.39 is 5.91 Å². The van der Waals surface area contributed by atoms with Gasteiger partial charge in [-0.05, 0) is 69.2 Å². The highest BCUT2D eigenvalue weighted by Crippen LogP contribution is 2.35. The third-order valence-electron chi connectivity index (χ3n) is 5.92. The number of aromatic nitrogens is 2. The summed E-state index contributed by atoms with van der Waals surface area (Å²) in [6.45, 7) is 8.75. The maximum Gasteiger partial charge on any atom is 0.254 e. The highest BCUT2D eigenvalue weighted by Gasteiger charge is 2.31. The smallest absolute Gasteiger partial charge is 0.254 e. The number of carbonyl (C=O) groups excluding carboxylic acids is 2. The molecule has 0 saturated carbocycles. The van der Waals surface area contributed by atoms with Gasteiger partial charge in [0.1, 0.15) is 28.6 Å². The minimum absolute atomic E-state index is 0.0487. The molecule has 1 atom stereocenters. The van der Waals surface area contributed by atoms with Crippen LogP contribution < -0.4 is 15.8 Å². The molecule has 1 aromatic heterocycles. The van der Waals surface area contributed by atoms with Crippen LogP contribution in [0.2, 0.25) is 0 Å². The second kappa shape index (κ2) is 10.5. The van der Waals surface area contributed by atoms with E-state index in [0.717, 1.165) is 24.2 Å². The molecule has 0 bridgehead atoms. The molecule has 0 spiro atoms. The van der Waals surface area contributed by atoms with Crippen molar-refractivity contribution in [2.45, 2.75) is 38.8 Å². The van der Waals surface area contributed by atoms with Crippen LogP contribution in [0.1, 0.15) is 43.1 Å². The summed E-state index contributed by atoms with van der Waals surface area (Å²) in [6, 6.07) is 16.9. The number of nitrogens with one attached hydrogen (secondary N) is 1. The minimum atomic E-state index is -0.561. The molecule has 2 aromatic carbocycles. The summed E-state index contributed by atoms with van der Waals surface area (Å²) < 4.78 is 7.72. The number of nitrogens with zero attached hydrogens (tertiary/aromatic N) is 3. The van der Waals surface area contributed by atoms with E-state index in [0.29, 0.717) is 35.9 Å². The first-order valence-electron chi connectivity index (χ1n) is 11.8. The number of hydrogen-bond acceptors (Lipinski definition) is 5. The lowest BCUT2D eigenvalue weighted by Gasteiger charge is -2.33. The zero-order chi connectivity index (χ0) is 24.9. The predicted octanol–water partition coefficient (Wildman–Crippen LogP) is 4.61. The molecule has 2 amide bonds. The maximum absolute atomic E-state index is 12.6. The zero-order valence-corrected chi connectivity index (χ0v) is 20.1. The van der Waals surface area contributed by atoms with E-state index in [1.165, 1.54) is 6.08 Å². The Labute approximate surface area is 205 Å². The third-order valence-corrected chi connectivity index (χ3v) is 5.92. The first kappa shape index (κ1) is 24.1. The number of ether oxygens (including phenoxy) is 1. The van der Waals surface area contributed by atoms with Crippen LogP contribution in [0.15, 0.2) is 67.3 Å². The van der Waals surface area contributed by atoms with Crippen LogP contribution >= 0.6 is 0 Å². The molecule has 1 saturated heterocycles.